The van der Waals surface area contributed by atoms with Gasteiger partial charge in [0.05, 0.1) is 21.3 Å². The molecule has 1 aliphatic rings. The molecule has 0 aromatic heterocycles. The van der Waals surface area contributed by atoms with Crippen molar-refractivity contribution in [1.82, 2.24) is 0 Å². The Balaban J connectivity index is 2.07. The highest BCUT2D eigenvalue weighted by Crippen LogP contribution is 2.40. The van der Waals surface area contributed by atoms with Gasteiger partial charge in [-0.25, -0.2) is 0 Å². The van der Waals surface area contributed by atoms with E-state index < -0.39 is 5.60 Å². The summed E-state index contributed by atoms with van der Waals surface area (Å²) in [6, 6.07) is 10.6. The van der Waals surface area contributed by atoms with Crippen molar-refractivity contribution in [2.24, 2.45) is 0 Å². The summed E-state index contributed by atoms with van der Waals surface area (Å²) in [6.45, 7) is 3.83. The molecule has 0 atom stereocenters. The first-order chi connectivity index (χ1) is 12.4. The highest BCUT2D eigenvalue weighted by Gasteiger charge is 2.30. The lowest BCUT2D eigenvalue weighted by Crippen LogP contribution is -2.30. The number of hydrogen-bond acceptors (Lipinski definition) is 5. The predicted molar refractivity (Wildman–Crippen MR) is 99.6 cm³/mol. The Morgan fingerprint density at radius 3 is 2.31 bits per heavy atom. The van der Waals surface area contributed by atoms with Crippen molar-refractivity contribution in [3.8, 4) is 23.0 Å². The molecule has 2 aromatic carbocycles. The normalized spacial score (nSPS) is 14.6. The molecule has 0 bridgehead atoms. The molecule has 5 heteroatoms. The van der Waals surface area contributed by atoms with E-state index in [4.69, 9.17) is 18.9 Å². The lowest BCUT2D eigenvalue weighted by molar-refractivity contribution is 0.104. The van der Waals surface area contributed by atoms with Gasteiger partial charge in [0.15, 0.2) is 17.3 Å². The van der Waals surface area contributed by atoms with Gasteiger partial charge in [0.2, 0.25) is 0 Å². The number of ether oxygens (including phenoxy) is 4. The molecule has 0 radical (unpaired) electrons. The first kappa shape index (κ1) is 17.9. The van der Waals surface area contributed by atoms with Crippen LogP contribution in [-0.4, -0.2) is 32.7 Å². The largest absolute Gasteiger partial charge is 0.497 e. The maximum atomic E-state index is 13.2. The minimum atomic E-state index is -0.610. The van der Waals surface area contributed by atoms with Crippen molar-refractivity contribution in [3.05, 3.63) is 53.6 Å². The van der Waals surface area contributed by atoms with Crippen LogP contribution < -0.4 is 18.9 Å². The average Bonchev–Trinajstić information content (AvgIpc) is 2.64. The van der Waals surface area contributed by atoms with Crippen LogP contribution in [0.25, 0.3) is 5.57 Å². The number of methoxy groups -OCH3 is 3. The van der Waals surface area contributed by atoms with Crippen LogP contribution in [0.3, 0.4) is 0 Å². The average molecular weight is 354 g/mol. The van der Waals surface area contributed by atoms with Gasteiger partial charge in [-0.15, -0.1) is 0 Å². The number of hydrogen-bond donors (Lipinski definition) is 0. The van der Waals surface area contributed by atoms with Gasteiger partial charge >= 0.3 is 0 Å². The molecule has 1 aliphatic heterocycles. The van der Waals surface area contributed by atoms with Crippen LogP contribution in [0.1, 0.15) is 29.8 Å². The third-order valence-electron chi connectivity index (χ3n) is 4.23. The highest BCUT2D eigenvalue weighted by atomic mass is 16.5. The Hall–Kier alpha value is -2.95. The van der Waals surface area contributed by atoms with Crippen molar-refractivity contribution in [2.75, 3.05) is 21.3 Å². The van der Waals surface area contributed by atoms with E-state index in [1.807, 2.05) is 32.1 Å². The number of Topliss-reactive ketones (excluding diaryl/α,β-unsaturated/α-hetero) is 1. The van der Waals surface area contributed by atoms with Crippen LogP contribution >= 0.6 is 0 Å². The van der Waals surface area contributed by atoms with Gasteiger partial charge in [-0.2, -0.15) is 0 Å². The number of ketones is 1. The van der Waals surface area contributed by atoms with Crippen molar-refractivity contribution in [1.29, 1.82) is 0 Å². The minimum Gasteiger partial charge on any atom is -0.497 e. The lowest BCUT2D eigenvalue weighted by atomic mass is 9.89. The standard InChI is InChI=1S/C21H22O5/c1-21(2)12-16(15-8-7-14(23-3)11-18(15)26-21)20(22)13-6-9-17(24-4)19(10-13)25-5/h6-12H,1-5H3. The van der Waals surface area contributed by atoms with E-state index in [1.165, 1.54) is 0 Å². The fourth-order valence-corrected chi connectivity index (χ4v) is 3.00. The van der Waals surface area contributed by atoms with Gasteiger partial charge in [-0.3, -0.25) is 4.79 Å². The van der Waals surface area contributed by atoms with Gasteiger partial charge in [0.25, 0.3) is 0 Å². The molecule has 0 N–H and O–H groups in total. The minimum absolute atomic E-state index is 0.103. The Labute approximate surface area is 153 Å². The number of carbonyl (C=O) groups is 1. The monoisotopic (exact) mass is 354 g/mol. The molecule has 0 saturated heterocycles. The summed E-state index contributed by atoms with van der Waals surface area (Å²) in [5.41, 5.74) is 1.24. The first-order valence-corrected chi connectivity index (χ1v) is 8.25. The Bertz CT molecular complexity index is 880. The molecular formula is C21H22O5. The maximum Gasteiger partial charge on any atom is 0.193 e. The summed E-state index contributed by atoms with van der Waals surface area (Å²) in [6.07, 6.45) is 1.85. The van der Waals surface area contributed by atoms with E-state index in [2.05, 4.69) is 0 Å². The van der Waals surface area contributed by atoms with E-state index in [1.54, 1.807) is 45.6 Å². The zero-order valence-corrected chi connectivity index (χ0v) is 15.6. The summed E-state index contributed by atoms with van der Waals surface area (Å²) < 4.78 is 21.8. The lowest BCUT2D eigenvalue weighted by Gasteiger charge is -2.31. The summed E-state index contributed by atoms with van der Waals surface area (Å²) >= 11 is 0. The van der Waals surface area contributed by atoms with E-state index in [-0.39, 0.29) is 5.78 Å². The zero-order chi connectivity index (χ0) is 18.9. The number of fused-ring (bicyclic) bond motifs is 1. The molecule has 5 nitrogen and oxygen atoms in total. The molecule has 0 amide bonds. The Morgan fingerprint density at radius 2 is 1.65 bits per heavy atom. The van der Waals surface area contributed by atoms with Gasteiger partial charge < -0.3 is 18.9 Å². The molecule has 0 unspecified atom stereocenters. The first-order valence-electron chi connectivity index (χ1n) is 8.25. The van der Waals surface area contributed by atoms with E-state index in [0.29, 0.717) is 34.1 Å². The fraction of sp³-hybridized carbons (Fsp3) is 0.286. The highest BCUT2D eigenvalue weighted by molar-refractivity contribution is 6.30. The van der Waals surface area contributed by atoms with Crippen molar-refractivity contribution in [3.63, 3.8) is 0 Å². The van der Waals surface area contributed by atoms with Gasteiger partial charge in [-0.05, 0) is 50.3 Å². The predicted octanol–water partition coefficient (Wildman–Crippen LogP) is 4.15. The number of carbonyl (C=O) groups excluding carboxylic acids is 1. The summed E-state index contributed by atoms with van der Waals surface area (Å²) in [5.74, 6) is 2.30. The topological polar surface area (TPSA) is 54.0 Å². The number of rotatable bonds is 5. The van der Waals surface area contributed by atoms with Crippen molar-refractivity contribution >= 4 is 11.4 Å². The summed E-state index contributed by atoms with van der Waals surface area (Å²) in [4.78, 5) is 13.2. The van der Waals surface area contributed by atoms with E-state index >= 15 is 0 Å². The molecule has 2 aromatic rings. The Morgan fingerprint density at radius 1 is 0.923 bits per heavy atom. The maximum absolute atomic E-state index is 13.2. The van der Waals surface area contributed by atoms with Gasteiger partial charge in [-0.1, -0.05) is 0 Å². The molecule has 0 saturated carbocycles. The second kappa shape index (κ2) is 6.75. The quantitative estimate of drug-likeness (QED) is 0.755. The molecule has 136 valence electrons. The van der Waals surface area contributed by atoms with Gasteiger partial charge in [0.1, 0.15) is 17.1 Å². The summed E-state index contributed by atoms with van der Waals surface area (Å²) in [7, 11) is 4.71. The van der Waals surface area contributed by atoms with E-state index in [0.717, 1.165) is 5.56 Å². The molecule has 0 spiro atoms. The van der Waals surface area contributed by atoms with Crippen LogP contribution in [0.4, 0.5) is 0 Å². The van der Waals surface area contributed by atoms with Crippen LogP contribution in [-0.2, 0) is 0 Å². The number of allylic oxidation sites excluding steroid dienone is 1. The second-order valence-corrected chi connectivity index (χ2v) is 6.52. The van der Waals surface area contributed by atoms with Crippen LogP contribution in [0, 0.1) is 0 Å². The molecular weight excluding hydrogens is 332 g/mol. The second-order valence-electron chi connectivity index (χ2n) is 6.52. The molecule has 26 heavy (non-hydrogen) atoms. The third kappa shape index (κ3) is 3.25. The Kier molecular flexibility index (Phi) is 4.64. The smallest absolute Gasteiger partial charge is 0.193 e. The van der Waals surface area contributed by atoms with Gasteiger partial charge in [0, 0.05) is 22.8 Å². The van der Waals surface area contributed by atoms with E-state index in [9.17, 15) is 4.79 Å². The van der Waals surface area contributed by atoms with Crippen LogP contribution in [0.2, 0.25) is 0 Å². The molecule has 1 heterocycles. The zero-order valence-electron chi connectivity index (χ0n) is 15.6. The summed E-state index contributed by atoms with van der Waals surface area (Å²) in [5, 5.41) is 0. The van der Waals surface area contributed by atoms with Crippen LogP contribution in [0.15, 0.2) is 42.5 Å². The number of benzene rings is 2. The molecule has 3 rings (SSSR count). The molecule has 0 fully saturated rings. The fourth-order valence-electron chi connectivity index (χ4n) is 3.00. The van der Waals surface area contributed by atoms with Crippen molar-refractivity contribution < 1.29 is 23.7 Å². The van der Waals surface area contributed by atoms with Crippen LogP contribution in [0.5, 0.6) is 23.0 Å². The van der Waals surface area contributed by atoms with Crippen molar-refractivity contribution in [2.45, 2.75) is 19.4 Å². The molecule has 0 aliphatic carbocycles. The third-order valence-corrected chi connectivity index (χ3v) is 4.23. The SMILES string of the molecule is COc1ccc2c(c1)OC(C)(C)C=C2C(=O)c1ccc(OC)c(OC)c1.